The SMILES string of the molecule is CCC1CCCOC1(CN)OC(C)=O. The third kappa shape index (κ3) is 2.25. The summed E-state index contributed by atoms with van der Waals surface area (Å²) in [6.07, 6.45) is 2.95. The molecule has 0 aromatic carbocycles. The number of hydrogen-bond donors (Lipinski definition) is 1. The number of carbonyl (C=O) groups is 1. The fourth-order valence-electron chi connectivity index (χ4n) is 2.05. The van der Waals surface area contributed by atoms with Gasteiger partial charge in [-0.15, -0.1) is 0 Å². The molecule has 1 heterocycles. The quantitative estimate of drug-likeness (QED) is 0.693. The third-order valence-electron chi connectivity index (χ3n) is 2.76. The maximum absolute atomic E-state index is 11.0. The van der Waals surface area contributed by atoms with E-state index < -0.39 is 5.79 Å². The molecule has 82 valence electrons. The van der Waals surface area contributed by atoms with Crippen molar-refractivity contribution in [2.45, 2.75) is 38.9 Å². The van der Waals surface area contributed by atoms with Gasteiger partial charge in [0, 0.05) is 12.8 Å². The minimum atomic E-state index is -0.862. The fraction of sp³-hybridized carbons (Fsp3) is 0.900. The smallest absolute Gasteiger partial charge is 0.305 e. The van der Waals surface area contributed by atoms with Gasteiger partial charge in [0.1, 0.15) is 0 Å². The maximum Gasteiger partial charge on any atom is 0.305 e. The van der Waals surface area contributed by atoms with E-state index >= 15 is 0 Å². The van der Waals surface area contributed by atoms with Crippen LogP contribution >= 0.6 is 0 Å². The van der Waals surface area contributed by atoms with Crippen LogP contribution in [0.15, 0.2) is 0 Å². The standard InChI is InChI=1S/C10H19NO3/c1-3-9-5-4-6-13-10(9,7-11)14-8(2)12/h9H,3-7,11H2,1-2H3. The van der Waals surface area contributed by atoms with Gasteiger partial charge in [-0.05, 0) is 19.3 Å². The van der Waals surface area contributed by atoms with Gasteiger partial charge in [-0.3, -0.25) is 4.79 Å². The van der Waals surface area contributed by atoms with Crippen molar-refractivity contribution in [3.8, 4) is 0 Å². The molecule has 1 aliphatic heterocycles. The van der Waals surface area contributed by atoms with Crippen LogP contribution in [0.4, 0.5) is 0 Å². The second-order valence-corrected chi connectivity index (χ2v) is 3.71. The normalized spacial score (nSPS) is 32.6. The van der Waals surface area contributed by atoms with E-state index in [9.17, 15) is 4.79 Å². The highest BCUT2D eigenvalue weighted by Crippen LogP contribution is 2.34. The molecule has 4 nitrogen and oxygen atoms in total. The van der Waals surface area contributed by atoms with E-state index in [0.717, 1.165) is 19.3 Å². The number of nitrogens with two attached hydrogens (primary N) is 1. The summed E-state index contributed by atoms with van der Waals surface area (Å²) in [6.45, 7) is 4.32. The first kappa shape index (κ1) is 11.5. The van der Waals surface area contributed by atoms with E-state index in [-0.39, 0.29) is 18.4 Å². The van der Waals surface area contributed by atoms with E-state index in [1.165, 1.54) is 6.92 Å². The predicted octanol–water partition coefficient (Wildman–Crippen LogP) is 1.04. The van der Waals surface area contributed by atoms with E-state index in [4.69, 9.17) is 15.2 Å². The summed E-state index contributed by atoms with van der Waals surface area (Å²) in [5, 5.41) is 0. The van der Waals surface area contributed by atoms with Gasteiger partial charge in [0.25, 0.3) is 0 Å². The third-order valence-corrected chi connectivity index (χ3v) is 2.76. The Balaban J connectivity index is 2.75. The first-order valence-corrected chi connectivity index (χ1v) is 5.18. The van der Waals surface area contributed by atoms with Crippen LogP contribution in [0.2, 0.25) is 0 Å². The van der Waals surface area contributed by atoms with Gasteiger partial charge in [0.15, 0.2) is 0 Å². The van der Waals surface area contributed by atoms with E-state index in [2.05, 4.69) is 6.92 Å². The van der Waals surface area contributed by atoms with Crippen molar-refractivity contribution in [1.29, 1.82) is 0 Å². The maximum atomic E-state index is 11.0. The van der Waals surface area contributed by atoms with Crippen LogP contribution in [0.3, 0.4) is 0 Å². The lowest BCUT2D eigenvalue weighted by molar-refractivity contribution is -0.265. The molecule has 0 radical (unpaired) electrons. The Morgan fingerprint density at radius 2 is 2.43 bits per heavy atom. The molecule has 0 aromatic rings. The van der Waals surface area contributed by atoms with Crippen LogP contribution in [0.1, 0.15) is 33.1 Å². The Morgan fingerprint density at radius 3 is 2.93 bits per heavy atom. The molecule has 0 aliphatic carbocycles. The Morgan fingerprint density at radius 1 is 1.71 bits per heavy atom. The molecule has 1 rings (SSSR count). The predicted molar refractivity (Wildman–Crippen MR) is 52.5 cm³/mol. The molecule has 0 aromatic heterocycles. The fourth-order valence-corrected chi connectivity index (χ4v) is 2.05. The number of ether oxygens (including phenoxy) is 2. The zero-order valence-corrected chi connectivity index (χ0v) is 8.91. The summed E-state index contributed by atoms with van der Waals surface area (Å²) < 4.78 is 10.8. The highest BCUT2D eigenvalue weighted by molar-refractivity contribution is 5.66. The lowest BCUT2D eigenvalue weighted by atomic mass is 9.88. The molecule has 4 heteroatoms. The van der Waals surface area contributed by atoms with Crippen molar-refractivity contribution in [2.75, 3.05) is 13.2 Å². The molecule has 1 aliphatic rings. The van der Waals surface area contributed by atoms with Crippen LogP contribution in [-0.4, -0.2) is 24.9 Å². The van der Waals surface area contributed by atoms with E-state index in [1.807, 2.05) is 0 Å². The van der Waals surface area contributed by atoms with Crippen molar-refractivity contribution in [2.24, 2.45) is 11.7 Å². The molecular weight excluding hydrogens is 182 g/mol. The molecule has 0 amide bonds. The van der Waals surface area contributed by atoms with E-state index in [1.54, 1.807) is 0 Å². The molecule has 14 heavy (non-hydrogen) atoms. The highest BCUT2D eigenvalue weighted by atomic mass is 16.7. The molecule has 2 N–H and O–H groups in total. The average molecular weight is 201 g/mol. The highest BCUT2D eigenvalue weighted by Gasteiger charge is 2.43. The van der Waals surface area contributed by atoms with Gasteiger partial charge in [-0.1, -0.05) is 6.92 Å². The van der Waals surface area contributed by atoms with Gasteiger partial charge in [0.05, 0.1) is 13.2 Å². The Kier molecular flexibility index (Phi) is 3.89. The topological polar surface area (TPSA) is 61.6 Å². The number of rotatable bonds is 3. The second kappa shape index (κ2) is 4.75. The molecule has 2 atom stereocenters. The summed E-state index contributed by atoms with van der Waals surface area (Å²) in [5.41, 5.74) is 5.65. The lowest BCUT2D eigenvalue weighted by Crippen LogP contribution is -2.53. The van der Waals surface area contributed by atoms with Gasteiger partial charge < -0.3 is 15.2 Å². The zero-order valence-electron chi connectivity index (χ0n) is 8.91. The summed E-state index contributed by atoms with van der Waals surface area (Å²) >= 11 is 0. The Bertz CT molecular complexity index is 208. The van der Waals surface area contributed by atoms with Gasteiger partial charge in [-0.25, -0.2) is 0 Å². The van der Waals surface area contributed by atoms with Gasteiger partial charge >= 0.3 is 5.97 Å². The molecule has 1 fully saturated rings. The largest absolute Gasteiger partial charge is 0.432 e. The number of carbonyl (C=O) groups excluding carboxylic acids is 1. The van der Waals surface area contributed by atoms with Crippen LogP contribution < -0.4 is 5.73 Å². The number of esters is 1. The first-order valence-electron chi connectivity index (χ1n) is 5.18. The minimum absolute atomic E-state index is 0.227. The van der Waals surface area contributed by atoms with Crippen molar-refractivity contribution >= 4 is 5.97 Å². The first-order chi connectivity index (χ1) is 6.64. The Labute approximate surface area is 84.7 Å². The average Bonchev–Trinajstić information content (AvgIpc) is 2.17. The molecular formula is C10H19NO3. The zero-order chi connectivity index (χ0) is 10.6. The van der Waals surface area contributed by atoms with Crippen LogP contribution in [0.25, 0.3) is 0 Å². The molecule has 2 unspecified atom stereocenters. The van der Waals surface area contributed by atoms with Crippen LogP contribution in [-0.2, 0) is 14.3 Å². The molecule has 0 saturated carbocycles. The lowest BCUT2D eigenvalue weighted by Gasteiger charge is -2.41. The van der Waals surface area contributed by atoms with Crippen LogP contribution in [0, 0.1) is 5.92 Å². The summed E-state index contributed by atoms with van der Waals surface area (Å²) in [7, 11) is 0. The molecule has 0 spiro atoms. The van der Waals surface area contributed by atoms with Crippen molar-refractivity contribution < 1.29 is 14.3 Å². The summed E-state index contributed by atoms with van der Waals surface area (Å²) in [4.78, 5) is 11.0. The van der Waals surface area contributed by atoms with Crippen molar-refractivity contribution in [1.82, 2.24) is 0 Å². The summed E-state index contributed by atoms with van der Waals surface area (Å²) in [5.74, 6) is -0.959. The van der Waals surface area contributed by atoms with Gasteiger partial charge in [-0.2, -0.15) is 0 Å². The van der Waals surface area contributed by atoms with Crippen LogP contribution in [0.5, 0.6) is 0 Å². The van der Waals surface area contributed by atoms with Crippen molar-refractivity contribution in [3.05, 3.63) is 0 Å². The Hall–Kier alpha value is -0.610. The second-order valence-electron chi connectivity index (χ2n) is 3.71. The molecule has 0 bridgehead atoms. The van der Waals surface area contributed by atoms with Crippen molar-refractivity contribution in [3.63, 3.8) is 0 Å². The number of hydrogen-bond acceptors (Lipinski definition) is 4. The molecule has 1 saturated heterocycles. The summed E-state index contributed by atoms with van der Waals surface area (Å²) in [6, 6.07) is 0. The monoisotopic (exact) mass is 201 g/mol. The minimum Gasteiger partial charge on any atom is -0.432 e. The van der Waals surface area contributed by atoms with E-state index in [0.29, 0.717) is 6.61 Å². The van der Waals surface area contributed by atoms with Gasteiger partial charge in [0.2, 0.25) is 5.79 Å².